The van der Waals surface area contributed by atoms with Crippen LogP contribution in [0.1, 0.15) is 37.7 Å². The summed E-state index contributed by atoms with van der Waals surface area (Å²) in [4.78, 5) is 15.1. The van der Waals surface area contributed by atoms with Gasteiger partial charge in [0.25, 0.3) is 0 Å². The smallest absolute Gasteiger partial charge is 0.230 e. The average molecular weight is 272 g/mol. The lowest BCUT2D eigenvalue weighted by molar-refractivity contribution is -0.131. The van der Waals surface area contributed by atoms with Crippen LogP contribution in [0.2, 0.25) is 0 Å². The van der Waals surface area contributed by atoms with E-state index >= 15 is 0 Å². The lowest BCUT2D eigenvalue weighted by atomic mass is 9.63. The number of hydrogen-bond acceptors (Lipinski definition) is 2. The Morgan fingerprint density at radius 1 is 1.25 bits per heavy atom. The normalized spacial score (nSPS) is 25.8. The predicted octanol–water partition coefficient (Wildman–Crippen LogP) is 2.32. The first-order chi connectivity index (χ1) is 9.71. The van der Waals surface area contributed by atoms with Crippen molar-refractivity contribution in [1.82, 2.24) is 10.2 Å². The molecule has 1 amide bonds. The molecule has 0 bridgehead atoms. The van der Waals surface area contributed by atoms with Crippen molar-refractivity contribution in [3.8, 4) is 0 Å². The van der Waals surface area contributed by atoms with E-state index in [1.165, 1.54) is 12.0 Å². The molecule has 1 heterocycles. The molecular formula is C17H24N2O. The van der Waals surface area contributed by atoms with Crippen molar-refractivity contribution < 1.29 is 4.79 Å². The van der Waals surface area contributed by atoms with Crippen LogP contribution in [0.25, 0.3) is 0 Å². The van der Waals surface area contributed by atoms with E-state index in [1.54, 1.807) is 0 Å². The van der Waals surface area contributed by atoms with E-state index in [0.29, 0.717) is 6.04 Å². The number of carbonyl (C=O) groups excluding carboxylic acids is 1. The Morgan fingerprint density at radius 3 is 2.60 bits per heavy atom. The number of hydrogen-bond donors (Lipinski definition) is 1. The third-order valence-corrected chi connectivity index (χ3v) is 4.93. The Kier molecular flexibility index (Phi) is 3.79. The first-order valence-electron chi connectivity index (χ1n) is 7.76. The van der Waals surface area contributed by atoms with Gasteiger partial charge in [0.05, 0.1) is 5.41 Å². The summed E-state index contributed by atoms with van der Waals surface area (Å²) in [7, 11) is 2.13. The number of carbonyl (C=O) groups is 1. The molecule has 1 atom stereocenters. The van der Waals surface area contributed by atoms with Crippen molar-refractivity contribution in [2.75, 3.05) is 20.1 Å². The van der Waals surface area contributed by atoms with Crippen LogP contribution in [0.3, 0.4) is 0 Å². The van der Waals surface area contributed by atoms with Crippen molar-refractivity contribution >= 4 is 5.91 Å². The molecule has 1 aromatic carbocycles. The highest BCUT2D eigenvalue weighted by Gasteiger charge is 2.46. The third-order valence-electron chi connectivity index (χ3n) is 4.93. The summed E-state index contributed by atoms with van der Waals surface area (Å²) in [6.45, 7) is 2.13. The van der Waals surface area contributed by atoms with E-state index in [-0.39, 0.29) is 11.3 Å². The Hall–Kier alpha value is -1.35. The first-order valence-corrected chi connectivity index (χ1v) is 7.76. The summed E-state index contributed by atoms with van der Waals surface area (Å²) in [5.41, 5.74) is 0.935. The fraction of sp³-hybridized carbons (Fsp3) is 0.588. The van der Waals surface area contributed by atoms with Gasteiger partial charge in [-0.15, -0.1) is 0 Å². The molecular weight excluding hydrogens is 248 g/mol. The fourth-order valence-electron chi connectivity index (χ4n) is 3.54. The van der Waals surface area contributed by atoms with Crippen molar-refractivity contribution in [2.24, 2.45) is 0 Å². The van der Waals surface area contributed by atoms with Gasteiger partial charge >= 0.3 is 0 Å². The lowest BCUT2D eigenvalue weighted by Gasteiger charge is -2.42. The molecule has 20 heavy (non-hydrogen) atoms. The molecule has 1 saturated heterocycles. The summed E-state index contributed by atoms with van der Waals surface area (Å²) in [5, 5.41) is 3.31. The largest absolute Gasteiger partial charge is 0.351 e. The maximum absolute atomic E-state index is 12.8. The van der Waals surface area contributed by atoms with E-state index < -0.39 is 0 Å². The molecule has 3 rings (SSSR count). The van der Waals surface area contributed by atoms with Gasteiger partial charge in [-0.3, -0.25) is 4.79 Å². The minimum absolute atomic E-state index is 0.246. The minimum atomic E-state index is -0.253. The molecule has 0 unspecified atom stereocenters. The highest BCUT2D eigenvalue weighted by molar-refractivity contribution is 5.89. The molecule has 1 aliphatic carbocycles. The van der Waals surface area contributed by atoms with Crippen LogP contribution in [-0.4, -0.2) is 37.0 Å². The summed E-state index contributed by atoms with van der Waals surface area (Å²) < 4.78 is 0. The minimum Gasteiger partial charge on any atom is -0.351 e. The molecule has 1 aromatic rings. The van der Waals surface area contributed by atoms with Gasteiger partial charge in [0.2, 0.25) is 5.91 Å². The van der Waals surface area contributed by atoms with Gasteiger partial charge in [0.1, 0.15) is 0 Å². The number of likely N-dealkylation sites (N-methyl/N-ethyl adjacent to an activating group) is 1. The molecule has 108 valence electrons. The summed E-state index contributed by atoms with van der Waals surface area (Å²) in [6.07, 6.45) is 5.43. The molecule has 0 spiro atoms. The predicted molar refractivity (Wildman–Crippen MR) is 80.6 cm³/mol. The zero-order valence-corrected chi connectivity index (χ0v) is 12.3. The van der Waals surface area contributed by atoms with Crippen LogP contribution in [0, 0.1) is 0 Å². The maximum atomic E-state index is 12.8. The van der Waals surface area contributed by atoms with Crippen LogP contribution < -0.4 is 5.32 Å². The standard InChI is InChI=1S/C17H24N2O/c1-19-12-5-9-15(13-19)18-16(20)17(10-6-11-17)14-7-3-2-4-8-14/h2-4,7-8,15H,5-6,9-13H2,1H3,(H,18,20)/t15-/m0/s1. The third kappa shape index (κ3) is 2.47. The van der Waals surface area contributed by atoms with Crippen molar-refractivity contribution in [2.45, 2.75) is 43.6 Å². The second kappa shape index (κ2) is 5.57. The maximum Gasteiger partial charge on any atom is 0.230 e. The second-order valence-electron chi connectivity index (χ2n) is 6.38. The highest BCUT2D eigenvalue weighted by atomic mass is 16.2. The van der Waals surface area contributed by atoms with E-state index in [2.05, 4.69) is 29.4 Å². The summed E-state index contributed by atoms with van der Waals surface area (Å²) in [5.74, 6) is 0.246. The van der Waals surface area contributed by atoms with Crippen molar-refractivity contribution in [1.29, 1.82) is 0 Å². The second-order valence-corrected chi connectivity index (χ2v) is 6.38. The zero-order valence-electron chi connectivity index (χ0n) is 12.3. The van der Waals surface area contributed by atoms with E-state index in [0.717, 1.165) is 38.8 Å². The number of piperidine rings is 1. The molecule has 1 saturated carbocycles. The van der Waals surface area contributed by atoms with Gasteiger partial charge in [-0.2, -0.15) is 0 Å². The van der Waals surface area contributed by atoms with Crippen LogP contribution in [0.4, 0.5) is 0 Å². The fourth-order valence-corrected chi connectivity index (χ4v) is 3.54. The average Bonchev–Trinajstić information content (AvgIpc) is 2.38. The van der Waals surface area contributed by atoms with Gasteiger partial charge in [-0.05, 0) is 44.8 Å². The lowest BCUT2D eigenvalue weighted by Crippen LogP contribution is -2.55. The number of likely N-dealkylation sites (tertiary alicyclic amines) is 1. The summed E-state index contributed by atoms with van der Waals surface area (Å²) in [6, 6.07) is 10.6. The van der Waals surface area contributed by atoms with Crippen LogP contribution in [-0.2, 0) is 10.2 Å². The van der Waals surface area contributed by atoms with Gasteiger partial charge in [0, 0.05) is 12.6 Å². The van der Waals surface area contributed by atoms with Crippen molar-refractivity contribution in [3.63, 3.8) is 0 Å². The Morgan fingerprint density at radius 2 is 2.00 bits per heavy atom. The Balaban J connectivity index is 1.71. The highest BCUT2D eigenvalue weighted by Crippen LogP contribution is 2.44. The van der Waals surface area contributed by atoms with Gasteiger partial charge in [-0.25, -0.2) is 0 Å². The molecule has 0 radical (unpaired) electrons. The first kappa shape index (κ1) is 13.6. The van der Waals surface area contributed by atoms with Crippen LogP contribution in [0.5, 0.6) is 0 Å². The van der Waals surface area contributed by atoms with Crippen molar-refractivity contribution in [3.05, 3.63) is 35.9 Å². The zero-order chi connectivity index (χ0) is 14.0. The number of nitrogens with one attached hydrogen (secondary N) is 1. The van der Waals surface area contributed by atoms with E-state index in [4.69, 9.17) is 0 Å². The van der Waals surface area contributed by atoms with E-state index in [1.807, 2.05) is 18.2 Å². The quantitative estimate of drug-likeness (QED) is 0.916. The Bertz CT molecular complexity index is 467. The van der Waals surface area contributed by atoms with Crippen LogP contribution >= 0.6 is 0 Å². The SMILES string of the molecule is CN1CCC[C@H](NC(=O)C2(c3ccccc3)CCC2)C1. The van der Waals surface area contributed by atoms with Gasteiger partial charge < -0.3 is 10.2 Å². The monoisotopic (exact) mass is 272 g/mol. The molecule has 0 aromatic heterocycles. The number of amides is 1. The molecule has 1 N–H and O–H groups in total. The number of rotatable bonds is 3. The molecule has 3 nitrogen and oxygen atoms in total. The molecule has 2 fully saturated rings. The number of benzene rings is 1. The number of nitrogens with zero attached hydrogens (tertiary/aromatic N) is 1. The van der Waals surface area contributed by atoms with Gasteiger partial charge in [0.15, 0.2) is 0 Å². The Labute approximate surface area is 121 Å². The van der Waals surface area contributed by atoms with E-state index in [9.17, 15) is 4.79 Å². The summed E-state index contributed by atoms with van der Waals surface area (Å²) >= 11 is 0. The van der Waals surface area contributed by atoms with Crippen LogP contribution in [0.15, 0.2) is 30.3 Å². The van der Waals surface area contributed by atoms with Gasteiger partial charge in [-0.1, -0.05) is 36.8 Å². The molecule has 3 heteroatoms. The molecule has 2 aliphatic rings. The topological polar surface area (TPSA) is 32.3 Å². The molecule has 1 aliphatic heterocycles.